The van der Waals surface area contributed by atoms with Crippen LogP contribution in [0.2, 0.25) is 0 Å². The molecule has 1 saturated heterocycles. The van der Waals surface area contributed by atoms with Gasteiger partial charge in [-0.15, -0.1) is 0 Å². The van der Waals surface area contributed by atoms with E-state index in [2.05, 4.69) is 16.6 Å². The molecule has 2 N–H and O–H groups in total. The van der Waals surface area contributed by atoms with Crippen LogP contribution in [0.5, 0.6) is 5.75 Å². The van der Waals surface area contributed by atoms with Gasteiger partial charge in [-0.1, -0.05) is 0 Å². The topological polar surface area (TPSA) is 68.3 Å². The van der Waals surface area contributed by atoms with Crippen LogP contribution in [0.25, 0.3) is 0 Å². The molecule has 0 atom stereocenters. The molecular formula is C20H26N3O3+. The highest BCUT2D eigenvalue weighted by Gasteiger charge is 2.18. The zero-order chi connectivity index (χ0) is 18.5. The van der Waals surface area contributed by atoms with Gasteiger partial charge in [0.25, 0.3) is 5.91 Å². The lowest BCUT2D eigenvalue weighted by atomic mass is 10.1. The van der Waals surface area contributed by atoms with Crippen LogP contribution in [0.1, 0.15) is 47.0 Å². The van der Waals surface area contributed by atoms with Gasteiger partial charge in [-0.2, -0.15) is 5.10 Å². The summed E-state index contributed by atoms with van der Waals surface area (Å²) < 4.78 is 10.7. The van der Waals surface area contributed by atoms with E-state index in [9.17, 15) is 4.79 Å². The Hall–Kier alpha value is -2.60. The normalized spacial score (nSPS) is 15.3. The lowest BCUT2D eigenvalue weighted by Gasteiger charge is -2.15. The second-order valence-corrected chi connectivity index (χ2v) is 6.69. The van der Waals surface area contributed by atoms with Gasteiger partial charge in [0, 0.05) is 18.4 Å². The average Bonchev–Trinajstić information content (AvgIpc) is 3.31. The first-order valence-electron chi connectivity index (χ1n) is 8.98. The number of ether oxygens (including phenoxy) is 1. The fourth-order valence-corrected chi connectivity index (χ4v) is 3.34. The Balaban J connectivity index is 1.74. The van der Waals surface area contributed by atoms with Crippen LogP contribution in [0, 0.1) is 6.92 Å². The van der Waals surface area contributed by atoms with E-state index in [1.807, 2.05) is 19.1 Å². The predicted molar refractivity (Wildman–Crippen MR) is 99.8 cm³/mol. The van der Waals surface area contributed by atoms with Crippen LogP contribution in [-0.2, 0) is 6.54 Å². The summed E-state index contributed by atoms with van der Waals surface area (Å²) in [5, 5.41) is 4.25. The van der Waals surface area contributed by atoms with Crippen molar-refractivity contribution in [2.45, 2.75) is 33.2 Å². The highest BCUT2D eigenvalue weighted by Crippen LogP contribution is 2.20. The highest BCUT2D eigenvalue weighted by molar-refractivity contribution is 6.01. The molecule has 1 fully saturated rings. The van der Waals surface area contributed by atoms with Crippen molar-refractivity contribution in [1.29, 1.82) is 0 Å². The van der Waals surface area contributed by atoms with Crippen molar-refractivity contribution in [2.24, 2.45) is 5.10 Å². The number of carbonyl (C=O) groups is 1. The molecule has 138 valence electrons. The van der Waals surface area contributed by atoms with Crippen LogP contribution in [-0.4, -0.2) is 31.8 Å². The number of nitrogens with zero attached hydrogens (tertiary/aromatic N) is 1. The Morgan fingerprint density at radius 3 is 2.73 bits per heavy atom. The predicted octanol–water partition coefficient (Wildman–Crippen LogP) is 1.93. The van der Waals surface area contributed by atoms with Crippen molar-refractivity contribution in [3.8, 4) is 5.75 Å². The smallest absolute Gasteiger partial charge is 0.274 e. The summed E-state index contributed by atoms with van der Waals surface area (Å²) in [7, 11) is 1.70. The second-order valence-electron chi connectivity index (χ2n) is 6.69. The van der Waals surface area contributed by atoms with Crippen molar-refractivity contribution >= 4 is 11.6 Å². The molecule has 0 spiro atoms. The van der Waals surface area contributed by atoms with Gasteiger partial charge in [-0.05, 0) is 43.7 Å². The summed E-state index contributed by atoms with van der Waals surface area (Å²) in [5.41, 5.74) is 5.99. The molecule has 1 aromatic heterocycles. The molecule has 2 aromatic rings. The summed E-state index contributed by atoms with van der Waals surface area (Å²) >= 11 is 0. The van der Waals surface area contributed by atoms with Crippen LogP contribution >= 0.6 is 0 Å². The van der Waals surface area contributed by atoms with Crippen molar-refractivity contribution < 1.29 is 18.8 Å². The van der Waals surface area contributed by atoms with Gasteiger partial charge in [-0.3, -0.25) is 4.79 Å². The first-order chi connectivity index (χ1) is 12.6. The summed E-state index contributed by atoms with van der Waals surface area (Å²) in [6.07, 6.45) is 4.08. The number of hydrazone groups is 1. The molecule has 26 heavy (non-hydrogen) atoms. The van der Waals surface area contributed by atoms with E-state index in [1.165, 1.54) is 37.8 Å². The quantitative estimate of drug-likeness (QED) is 0.614. The third-order valence-corrected chi connectivity index (χ3v) is 4.88. The first-order valence-corrected chi connectivity index (χ1v) is 8.98. The molecule has 6 nitrogen and oxygen atoms in total. The molecule has 1 aliphatic heterocycles. The molecule has 1 aliphatic rings. The minimum Gasteiger partial charge on any atom is -0.496 e. The highest BCUT2D eigenvalue weighted by atomic mass is 16.5. The fraction of sp³-hybridized carbons (Fsp3) is 0.400. The Morgan fingerprint density at radius 1 is 1.31 bits per heavy atom. The number of nitrogens with one attached hydrogen (secondary N) is 2. The minimum absolute atomic E-state index is 0.272. The SMILES string of the molecule is COc1ccc(/C(C)=N\NC(=O)c2ccoc2C)cc1C[NH+]1CCCC1. The number of likely N-dealkylation sites (tertiary alicyclic amines) is 1. The number of aryl methyl sites for hydroxylation is 1. The zero-order valence-electron chi connectivity index (χ0n) is 15.6. The molecule has 0 bridgehead atoms. The van der Waals surface area contributed by atoms with Gasteiger partial charge < -0.3 is 14.1 Å². The first kappa shape index (κ1) is 18.2. The standard InChI is InChI=1S/C20H25N3O3/c1-14(21-22-20(24)18-8-11-26-15(18)2)16-6-7-19(25-3)17(12-16)13-23-9-4-5-10-23/h6-8,11-12H,4-5,9-10,13H2,1-3H3,(H,22,24)/p+1/b21-14-. The minimum atomic E-state index is -0.272. The van der Waals surface area contributed by atoms with Gasteiger partial charge in [0.05, 0.1) is 37.7 Å². The Bertz CT molecular complexity index is 804. The summed E-state index contributed by atoms with van der Waals surface area (Å²) in [4.78, 5) is 13.7. The van der Waals surface area contributed by atoms with Crippen molar-refractivity contribution in [1.82, 2.24) is 5.43 Å². The number of furan rings is 1. The van der Waals surface area contributed by atoms with Crippen LogP contribution in [0.3, 0.4) is 0 Å². The molecule has 1 aromatic carbocycles. The maximum absolute atomic E-state index is 12.2. The summed E-state index contributed by atoms with van der Waals surface area (Å²) in [5.74, 6) is 1.21. The average molecular weight is 356 g/mol. The fourth-order valence-electron chi connectivity index (χ4n) is 3.34. The van der Waals surface area contributed by atoms with E-state index in [0.29, 0.717) is 11.3 Å². The Morgan fingerprint density at radius 2 is 2.08 bits per heavy atom. The second kappa shape index (κ2) is 8.19. The van der Waals surface area contributed by atoms with Gasteiger partial charge in [0.1, 0.15) is 18.1 Å². The summed E-state index contributed by atoms with van der Waals surface area (Å²) in [6, 6.07) is 7.69. The maximum atomic E-state index is 12.2. The van der Waals surface area contributed by atoms with E-state index >= 15 is 0 Å². The van der Waals surface area contributed by atoms with E-state index in [4.69, 9.17) is 9.15 Å². The van der Waals surface area contributed by atoms with Gasteiger partial charge in [-0.25, -0.2) is 5.43 Å². The van der Waals surface area contributed by atoms with E-state index in [0.717, 1.165) is 23.6 Å². The van der Waals surface area contributed by atoms with Crippen LogP contribution < -0.4 is 15.1 Å². The molecule has 3 rings (SSSR count). The van der Waals surface area contributed by atoms with Crippen LogP contribution in [0.4, 0.5) is 0 Å². The van der Waals surface area contributed by atoms with Gasteiger partial charge >= 0.3 is 0 Å². The number of carbonyl (C=O) groups excluding carboxylic acids is 1. The zero-order valence-corrected chi connectivity index (χ0v) is 15.6. The molecule has 2 heterocycles. The number of hydrogen-bond donors (Lipinski definition) is 2. The third kappa shape index (κ3) is 4.14. The lowest BCUT2D eigenvalue weighted by molar-refractivity contribution is -0.901. The summed E-state index contributed by atoms with van der Waals surface area (Å²) in [6.45, 7) is 7.00. The molecule has 0 unspecified atom stereocenters. The third-order valence-electron chi connectivity index (χ3n) is 4.88. The van der Waals surface area contributed by atoms with Crippen molar-refractivity contribution in [2.75, 3.05) is 20.2 Å². The largest absolute Gasteiger partial charge is 0.496 e. The van der Waals surface area contributed by atoms with Crippen LogP contribution in [0.15, 0.2) is 40.0 Å². The Labute approximate surface area is 153 Å². The number of quaternary nitrogens is 1. The van der Waals surface area contributed by atoms with E-state index < -0.39 is 0 Å². The van der Waals surface area contributed by atoms with E-state index in [-0.39, 0.29) is 5.91 Å². The molecule has 6 heteroatoms. The van der Waals surface area contributed by atoms with E-state index in [1.54, 1.807) is 25.0 Å². The molecule has 0 aliphatic carbocycles. The van der Waals surface area contributed by atoms with Gasteiger partial charge in [0.15, 0.2) is 0 Å². The molecular weight excluding hydrogens is 330 g/mol. The number of methoxy groups -OCH3 is 1. The van der Waals surface area contributed by atoms with Crippen molar-refractivity contribution in [3.05, 3.63) is 53.0 Å². The van der Waals surface area contributed by atoms with Gasteiger partial charge in [0.2, 0.25) is 0 Å². The maximum Gasteiger partial charge on any atom is 0.274 e. The molecule has 0 saturated carbocycles. The number of amides is 1. The number of benzene rings is 1. The molecule has 0 radical (unpaired) electrons. The number of rotatable bonds is 6. The lowest BCUT2D eigenvalue weighted by Crippen LogP contribution is -3.08. The molecule has 1 amide bonds. The number of hydrogen-bond acceptors (Lipinski definition) is 4. The Kier molecular flexibility index (Phi) is 5.73. The monoisotopic (exact) mass is 356 g/mol. The van der Waals surface area contributed by atoms with Crippen molar-refractivity contribution in [3.63, 3.8) is 0 Å².